The smallest absolute Gasteiger partial charge is 0.225 e. The zero-order valence-corrected chi connectivity index (χ0v) is 11.6. The Hall–Kier alpha value is -0.610. The van der Waals surface area contributed by atoms with Crippen molar-refractivity contribution in [3.8, 4) is 0 Å². The fourth-order valence-electron chi connectivity index (χ4n) is 3.30. The van der Waals surface area contributed by atoms with Crippen LogP contribution in [0.1, 0.15) is 32.1 Å². The van der Waals surface area contributed by atoms with Crippen molar-refractivity contribution in [2.75, 3.05) is 39.8 Å². The van der Waals surface area contributed by atoms with Crippen molar-refractivity contribution in [1.82, 2.24) is 9.80 Å². The number of hydrogen-bond acceptors (Lipinski definition) is 3. The van der Waals surface area contributed by atoms with E-state index in [1.54, 1.807) is 0 Å². The van der Waals surface area contributed by atoms with Crippen LogP contribution in [0.4, 0.5) is 0 Å². The van der Waals surface area contributed by atoms with E-state index < -0.39 is 0 Å². The van der Waals surface area contributed by atoms with Crippen LogP contribution in [0.15, 0.2) is 0 Å². The Balaban J connectivity index is 1.84. The molecular formula is C14H27N3O. The topological polar surface area (TPSA) is 49.6 Å². The highest BCUT2D eigenvalue weighted by Gasteiger charge is 2.30. The molecule has 1 amide bonds. The van der Waals surface area contributed by atoms with Gasteiger partial charge in [0.2, 0.25) is 5.91 Å². The summed E-state index contributed by atoms with van der Waals surface area (Å²) in [4.78, 5) is 16.9. The molecule has 2 aliphatic rings. The van der Waals surface area contributed by atoms with E-state index in [4.69, 9.17) is 5.73 Å². The van der Waals surface area contributed by atoms with Gasteiger partial charge in [0.1, 0.15) is 0 Å². The molecule has 0 radical (unpaired) electrons. The molecule has 2 rings (SSSR count). The zero-order chi connectivity index (χ0) is 13.0. The van der Waals surface area contributed by atoms with E-state index in [0.29, 0.717) is 11.8 Å². The van der Waals surface area contributed by atoms with Crippen molar-refractivity contribution in [2.45, 2.75) is 32.1 Å². The fourth-order valence-corrected chi connectivity index (χ4v) is 3.30. The number of carbonyl (C=O) groups excluding carboxylic acids is 1. The lowest BCUT2D eigenvalue weighted by Crippen LogP contribution is -2.49. The molecule has 1 aliphatic carbocycles. The third-order valence-corrected chi connectivity index (χ3v) is 4.52. The van der Waals surface area contributed by atoms with Crippen molar-refractivity contribution in [3.63, 3.8) is 0 Å². The van der Waals surface area contributed by atoms with Gasteiger partial charge < -0.3 is 15.5 Å². The van der Waals surface area contributed by atoms with Crippen LogP contribution in [0.5, 0.6) is 0 Å². The number of nitrogens with zero attached hydrogens (tertiary/aromatic N) is 2. The summed E-state index contributed by atoms with van der Waals surface area (Å²) in [6.07, 6.45) is 5.72. The van der Waals surface area contributed by atoms with Crippen LogP contribution in [0.2, 0.25) is 0 Å². The van der Waals surface area contributed by atoms with Crippen LogP contribution in [-0.4, -0.2) is 55.5 Å². The minimum atomic E-state index is 0.277. The quantitative estimate of drug-likeness (QED) is 0.813. The van der Waals surface area contributed by atoms with Gasteiger partial charge in [0.15, 0.2) is 0 Å². The summed E-state index contributed by atoms with van der Waals surface area (Å²) >= 11 is 0. The minimum absolute atomic E-state index is 0.277. The molecular weight excluding hydrogens is 226 g/mol. The first-order valence-electron chi connectivity index (χ1n) is 7.38. The van der Waals surface area contributed by atoms with Gasteiger partial charge >= 0.3 is 0 Å². The Bertz CT molecular complexity index is 272. The lowest BCUT2D eigenvalue weighted by atomic mass is 9.79. The lowest BCUT2D eigenvalue weighted by Gasteiger charge is -2.37. The summed E-state index contributed by atoms with van der Waals surface area (Å²) in [5.74, 6) is 1.37. The third-order valence-electron chi connectivity index (χ3n) is 4.52. The number of carbonyl (C=O) groups is 1. The molecule has 0 aromatic heterocycles. The summed E-state index contributed by atoms with van der Waals surface area (Å²) in [6, 6.07) is 0. The van der Waals surface area contributed by atoms with E-state index in [1.165, 1.54) is 12.8 Å². The largest absolute Gasteiger partial charge is 0.340 e. The molecule has 18 heavy (non-hydrogen) atoms. The molecule has 1 aliphatic heterocycles. The maximum atomic E-state index is 12.5. The van der Waals surface area contributed by atoms with E-state index in [2.05, 4.69) is 16.8 Å². The number of rotatable bonds is 3. The summed E-state index contributed by atoms with van der Waals surface area (Å²) in [5.41, 5.74) is 5.64. The van der Waals surface area contributed by atoms with Gasteiger partial charge in [-0.2, -0.15) is 0 Å². The molecule has 1 saturated carbocycles. The lowest BCUT2D eigenvalue weighted by molar-refractivity contribution is -0.138. The highest BCUT2D eigenvalue weighted by molar-refractivity contribution is 5.79. The summed E-state index contributed by atoms with van der Waals surface area (Å²) in [5, 5.41) is 0. The van der Waals surface area contributed by atoms with Gasteiger partial charge in [0, 0.05) is 32.1 Å². The first-order chi connectivity index (χ1) is 8.70. The molecule has 0 bridgehead atoms. The van der Waals surface area contributed by atoms with Gasteiger partial charge in [-0.3, -0.25) is 4.79 Å². The molecule has 2 atom stereocenters. The molecule has 1 heterocycles. The maximum Gasteiger partial charge on any atom is 0.225 e. The SMILES string of the molecule is CN1CCN(C(=O)C2CCCC(CCN)C2)CC1. The second-order valence-corrected chi connectivity index (χ2v) is 5.94. The van der Waals surface area contributed by atoms with Crippen LogP contribution in [0.3, 0.4) is 0 Å². The third kappa shape index (κ3) is 3.45. The predicted octanol–water partition coefficient (Wildman–Crippen LogP) is 0.916. The Morgan fingerprint density at radius 3 is 2.61 bits per heavy atom. The van der Waals surface area contributed by atoms with Gasteiger partial charge in [-0.1, -0.05) is 12.8 Å². The zero-order valence-electron chi connectivity index (χ0n) is 11.6. The van der Waals surface area contributed by atoms with Gasteiger partial charge in [-0.25, -0.2) is 0 Å². The number of likely N-dealkylation sites (N-methyl/N-ethyl adjacent to an activating group) is 1. The Morgan fingerprint density at radius 1 is 1.22 bits per heavy atom. The van der Waals surface area contributed by atoms with Crippen LogP contribution >= 0.6 is 0 Å². The second-order valence-electron chi connectivity index (χ2n) is 5.94. The van der Waals surface area contributed by atoms with Crippen molar-refractivity contribution in [2.24, 2.45) is 17.6 Å². The molecule has 4 heteroatoms. The Labute approximate surface area is 110 Å². The number of piperazine rings is 1. The van der Waals surface area contributed by atoms with Gasteiger partial charge in [0.25, 0.3) is 0 Å². The summed E-state index contributed by atoms with van der Waals surface area (Å²) in [7, 11) is 2.12. The Kier molecular flexibility index (Phi) is 5.01. The number of nitrogens with two attached hydrogens (primary N) is 1. The van der Waals surface area contributed by atoms with E-state index in [1.807, 2.05) is 0 Å². The van der Waals surface area contributed by atoms with Crippen LogP contribution in [0.25, 0.3) is 0 Å². The van der Waals surface area contributed by atoms with Crippen LogP contribution in [0, 0.1) is 11.8 Å². The van der Waals surface area contributed by atoms with Crippen LogP contribution < -0.4 is 5.73 Å². The average molecular weight is 253 g/mol. The first-order valence-corrected chi connectivity index (χ1v) is 7.38. The standard InChI is InChI=1S/C14H27N3O/c1-16-7-9-17(10-8-16)14(18)13-4-2-3-12(11-13)5-6-15/h12-13H,2-11,15H2,1H3. The number of amides is 1. The van der Waals surface area contributed by atoms with E-state index in [-0.39, 0.29) is 5.92 Å². The summed E-state index contributed by atoms with van der Waals surface area (Å²) in [6.45, 7) is 4.62. The van der Waals surface area contributed by atoms with Crippen molar-refractivity contribution in [1.29, 1.82) is 0 Å². The van der Waals surface area contributed by atoms with E-state index in [0.717, 1.165) is 52.0 Å². The van der Waals surface area contributed by atoms with Crippen molar-refractivity contribution >= 4 is 5.91 Å². The highest BCUT2D eigenvalue weighted by atomic mass is 16.2. The maximum absolute atomic E-state index is 12.5. The van der Waals surface area contributed by atoms with Crippen LogP contribution in [-0.2, 0) is 4.79 Å². The molecule has 0 aromatic carbocycles. The van der Waals surface area contributed by atoms with Gasteiger partial charge in [-0.05, 0) is 38.8 Å². The molecule has 4 nitrogen and oxygen atoms in total. The second kappa shape index (κ2) is 6.53. The first kappa shape index (κ1) is 13.8. The molecule has 1 saturated heterocycles. The Morgan fingerprint density at radius 2 is 1.94 bits per heavy atom. The molecule has 0 spiro atoms. The minimum Gasteiger partial charge on any atom is -0.340 e. The van der Waals surface area contributed by atoms with E-state index in [9.17, 15) is 4.79 Å². The predicted molar refractivity (Wildman–Crippen MR) is 73.2 cm³/mol. The average Bonchev–Trinajstić information content (AvgIpc) is 2.39. The highest BCUT2D eigenvalue weighted by Crippen LogP contribution is 2.32. The van der Waals surface area contributed by atoms with Gasteiger partial charge in [0.05, 0.1) is 0 Å². The molecule has 2 N–H and O–H groups in total. The molecule has 104 valence electrons. The van der Waals surface area contributed by atoms with Gasteiger partial charge in [-0.15, -0.1) is 0 Å². The van der Waals surface area contributed by atoms with E-state index >= 15 is 0 Å². The molecule has 2 unspecified atom stereocenters. The summed E-state index contributed by atoms with van der Waals surface area (Å²) < 4.78 is 0. The normalized spacial score (nSPS) is 30.4. The van der Waals surface area contributed by atoms with Crippen molar-refractivity contribution < 1.29 is 4.79 Å². The fraction of sp³-hybridized carbons (Fsp3) is 0.929. The number of hydrogen-bond donors (Lipinski definition) is 1. The monoisotopic (exact) mass is 253 g/mol. The molecule has 2 fully saturated rings. The van der Waals surface area contributed by atoms with Crippen molar-refractivity contribution in [3.05, 3.63) is 0 Å². The molecule has 0 aromatic rings.